The van der Waals surface area contributed by atoms with Crippen molar-refractivity contribution in [2.45, 2.75) is 39.5 Å². The average molecular weight is 385 g/mol. The number of rotatable bonds is 7. The Morgan fingerprint density at radius 1 is 1.52 bits per heavy atom. The Bertz CT molecular complexity index is 826. The zero-order valence-corrected chi connectivity index (χ0v) is 16.5. The zero-order valence-electron chi connectivity index (χ0n) is 15.7. The van der Waals surface area contributed by atoms with Crippen molar-refractivity contribution in [3.63, 3.8) is 0 Å². The van der Waals surface area contributed by atoms with Crippen LogP contribution in [0.25, 0.3) is 5.57 Å². The van der Waals surface area contributed by atoms with E-state index in [1.165, 1.54) is 11.8 Å². The number of thioether (sulfide) groups is 1. The predicted molar refractivity (Wildman–Crippen MR) is 107 cm³/mol. The van der Waals surface area contributed by atoms with Gasteiger partial charge in [0.1, 0.15) is 11.6 Å². The number of hydrogen-bond acceptors (Lipinski definition) is 7. The van der Waals surface area contributed by atoms with E-state index in [1.54, 1.807) is 6.20 Å². The largest absolute Gasteiger partial charge is 0.354 e. The fraction of sp³-hybridized carbons (Fsp3) is 0.474. The lowest BCUT2D eigenvalue weighted by molar-refractivity contribution is -0.127. The van der Waals surface area contributed by atoms with Gasteiger partial charge in [-0.05, 0) is 37.2 Å². The second kappa shape index (κ2) is 8.91. The van der Waals surface area contributed by atoms with Crippen LogP contribution in [-0.4, -0.2) is 40.4 Å². The van der Waals surface area contributed by atoms with Gasteiger partial charge in [0, 0.05) is 37.9 Å². The van der Waals surface area contributed by atoms with Crippen LogP contribution in [0.15, 0.2) is 22.3 Å². The van der Waals surface area contributed by atoms with Gasteiger partial charge in [-0.1, -0.05) is 18.7 Å². The number of amides is 1. The van der Waals surface area contributed by atoms with Crippen LogP contribution >= 0.6 is 11.8 Å². The van der Waals surface area contributed by atoms with E-state index in [9.17, 15) is 10.1 Å². The summed E-state index contributed by atoms with van der Waals surface area (Å²) in [5.41, 5.74) is 3.14. The van der Waals surface area contributed by atoms with Crippen LogP contribution < -0.4 is 10.6 Å². The first-order valence-corrected chi connectivity index (χ1v) is 10.1. The van der Waals surface area contributed by atoms with E-state index < -0.39 is 0 Å². The Morgan fingerprint density at radius 2 is 2.37 bits per heavy atom. The number of nitrogens with one attached hydrogen (secondary N) is 2. The smallest absolute Gasteiger partial charge is 0.223 e. The first-order valence-electron chi connectivity index (χ1n) is 9.25. The highest BCUT2D eigenvalue weighted by Crippen LogP contribution is 2.32. The Balaban J connectivity index is 1.64. The van der Waals surface area contributed by atoms with Crippen molar-refractivity contribution in [3.8, 4) is 6.07 Å². The highest BCUT2D eigenvalue weighted by molar-refractivity contribution is 8.06. The van der Waals surface area contributed by atoms with Crippen LogP contribution in [0.2, 0.25) is 0 Å². The predicted octanol–water partition coefficient (Wildman–Crippen LogP) is 2.99. The lowest BCUT2D eigenvalue weighted by Crippen LogP contribution is -2.27. The van der Waals surface area contributed by atoms with Crippen LogP contribution in [0.3, 0.4) is 0 Å². The van der Waals surface area contributed by atoms with Crippen molar-refractivity contribution in [2.75, 3.05) is 25.0 Å². The summed E-state index contributed by atoms with van der Waals surface area (Å²) in [5, 5.41) is 19.0. The molecule has 0 bridgehead atoms. The molecule has 1 aromatic rings. The molecule has 142 valence electrons. The molecular weight excluding hydrogens is 360 g/mol. The summed E-state index contributed by atoms with van der Waals surface area (Å²) in [7, 11) is 0. The summed E-state index contributed by atoms with van der Waals surface area (Å²) in [5.74, 6) is 0.749. The third-order valence-electron chi connectivity index (χ3n) is 4.58. The monoisotopic (exact) mass is 384 g/mol. The van der Waals surface area contributed by atoms with E-state index in [0.717, 1.165) is 48.6 Å². The van der Waals surface area contributed by atoms with E-state index in [4.69, 9.17) is 0 Å². The highest BCUT2D eigenvalue weighted by Gasteiger charge is 2.20. The molecule has 1 saturated heterocycles. The summed E-state index contributed by atoms with van der Waals surface area (Å²) >= 11 is 1.52. The van der Waals surface area contributed by atoms with Gasteiger partial charge in [-0.2, -0.15) is 5.26 Å². The summed E-state index contributed by atoms with van der Waals surface area (Å²) in [6.45, 7) is 6.27. The summed E-state index contributed by atoms with van der Waals surface area (Å²) in [4.78, 5) is 22.4. The van der Waals surface area contributed by atoms with Crippen molar-refractivity contribution >= 4 is 29.2 Å². The fourth-order valence-electron chi connectivity index (χ4n) is 3.03. The van der Waals surface area contributed by atoms with E-state index in [2.05, 4.69) is 33.6 Å². The van der Waals surface area contributed by atoms with Gasteiger partial charge in [0.05, 0.1) is 10.7 Å². The van der Waals surface area contributed by atoms with Gasteiger partial charge in [0.15, 0.2) is 0 Å². The number of anilines is 1. The molecule has 0 aliphatic carbocycles. The number of allylic oxidation sites excluding steroid dienone is 2. The van der Waals surface area contributed by atoms with Gasteiger partial charge in [0.25, 0.3) is 0 Å². The van der Waals surface area contributed by atoms with Gasteiger partial charge < -0.3 is 15.5 Å². The highest BCUT2D eigenvalue weighted by atomic mass is 32.2. The number of likely N-dealkylation sites (tertiary alicyclic amines) is 1. The van der Waals surface area contributed by atoms with Gasteiger partial charge in [-0.15, -0.1) is 0 Å². The van der Waals surface area contributed by atoms with Crippen LogP contribution in [0, 0.1) is 18.3 Å². The molecule has 0 saturated carbocycles. The Kier molecular flexibility index (Phi) is 6.35. The van der Waals surface area contributed by atoms with Crippen LogP contribution in [0.1, 0.15) is 43.9 Å². The number of aromatic nitrogens is 2. The van der Waals surface area contributed by atoms with Crippen LogP contribution in [-0.2, 0) is 4.79 Å². The molecule has 3 rings (SSSR count). The molecular formula is C19H24N6OS. The van der Waals surface area contributed by atoms with E-state index >= 15 is 0 Å². The van der Waals surface area contributed by atoms with Crippen LogP contribution in [0.5, 0.6) is 0 Å². The van der Waals surface area contributed by atoms with Crippen molar-refractivity contribution in [1.29, 1.82) is 5.26 Å². The summed E-state index contributed by atoms with van der Waals surface area (Å²) in [6, 6.07) is 2.28. The molecule has 0 atom stereocenters. The third-order valence-corrected chi connectivity index (χ3v) is 5.52. The van der Waals surface area contributed by atoms with Crippen molar-refractivity contribution in [1.82, 2.24) is 20.2 Å². The molecule has 0 aromatic carbocycles. The van der Waals surface area contributed by atoms with E-state index in [1.807, 2.05) is 17.2 Å². The second-order valence-electron chi connectivity index (χ2n) is 6.55. The SMILES string of the molecule is CCC1=CS/C(=C(/C#N)c2nc(NCCCN3CCCC3=O)ncc2C)N1. The molecule has 2 N–H and O–H groups in total. The molecule has 27 heavy (non-hydrogen) atoms. The summed E-state index contributed by atoms with van der Waals surface area (Å²) < 4.78 is 0. The fourth-order valence-corrected chi connectivity index (χ4v) is 3.97. The molecule has 0 unspecified atom stereocenters. The lowest BCUT2D eigenvalue weighted by atomic mass is 10.1. The molecule has 8 heteroatoms. The quantitative estimate of drug-likeness (QED) is 0.551. The molecule has 0 spiro atoms. The number of nitriles is 1. The Hall–Kier alpha value is -2.53. The molecule has 1 fully saturated rings. The molecule has 1 amide bonds. The molecule has 2 aliphatic rings. The minimum absolute atomic E-state index is 0.246. The molecule has 7 nitrogen and oxygen atoms in total. The van der Waals surface area contributed by atoms with Crippen molar-refractivity contribution in [3.05, 3.63) is 33.6 Å². The molecule has 1 aromatic heterocycles. The van der Waals surface area contributed by atoms with Crippen molar-refractivity contribution < 1.29 is 4.79 Å². The van der Waals surface area contributed by atoms with Crippen molar-refractivity contribution in [2.24, 2.45) is 0 Å². The van der Waals surface area contributed by atoms with Gasteiger partial charge >= 0.3 is 0 Å². The number of carbonyl (C=O) groups is 1. The number of nitrogens with zero attached hydrogens (tertiary/aromatic N) is 4. The molecule has 0 radical (unpaired) electrons. The maximum absolute atomic E-state index is 11.6. The maximum Gasteiger partial charge on any atom is 0.223 e. The number of carbonyl (C=O) groups excluding carboxylic acids is 1. The second-order valence-corrected chi connectivity index (χ2v) is 7.42. The van der Waals surface area contributed by atoms with E-state index in [-0.39, 0.29) is 5.91 Å². The van der Waals surface area contributed by atoms with Gasteiger partial charge in [-0.25, -0.2) is 9.97 Å². The van der Waals surface area contributed by atoms with E-state index in [0.29, 0.717) is 30.2 Å². The molecule has 2 aliphatic heterocycles. The normalized spacial score (nSPS) is 18.2. The minimum atomic E-state index is 0.246. The Labute approximate surface area is 163 Å². The van der Waals surface area contributed by atoms with Gasteiger partial charge in [-0.3, -0.25) is 4.79 Å². The third kappa shape index (κ3) is 4.61. The first kappa shape index (κ1) is 19.2. The Morgan fingerprint density at radius 3 is 3.04 bits per heavy atom. The summed E-state index contributed by atoms with van der Waals surface area (Å²) in [6.07, 6.45) is 5.10. The minimum Gasteiger partial charge on any atom is -0.354 e. The topological polar surface area (TPSA) is 93.9 Å². The average Bonchev–Trinajstić information content (AvgIpc) is 3.31. The standard InChI is InChI=1S/C19H24N6OS/c1-3-14-12-27-18(23-14)15(10-20)17-13(2)11-22-19(24-17)21-7-5-9-25-8-4-6-16(25)26/h11-12,23H,3-9H2,1-2H3,(H,21,22,24)/b18-15-. The van der Waals surface area contributed by atoms with Gasteiger partial charge in [0.2, 0.25) is 11.9 Å². The number of hydrogen-bond donors (Lipinski definition) is 2. The van der Waals surface area contributed by atoms with Crippen LogP contribution in [0.4, 0.5) is 5.95 Å². The lowest BCUT2D eigenvalue weighted by Gasteiger charge is -2.15. The maximum atomic E-state index is 11.6. The first-order chi connectivity index (χ1) is 13.1. The number of aryl methyl sites for hydroxylation is 1. The molecule has 3 heterocycles. The zero-order chi connectivity index (χ0) is 19.2.